The number of thiazole rings is 1. The van der Waals surface area contributed by atoms with Crippen LogP contribution in [0.15, 0.2) is 38.5 Å². The molecule has 116 valence electrons. The molecule has 0 N–H and O–H groups in total. The van der Waals surface area contributed by atoms with Gasteiger partial charge in [-0.2, -0.15) is 14.6 Å². The largest absolute Gasteiger partial charge is 0.425 e. The van der Waals surface area contributed by atoms with Crippen LogP contribution in [-0.4, -0.2) is 20.6 Å². The van der Waals surface area contributed by atoms with E-state index in [0.29, 0.717) is 20.3 Å². The SMILES string of the molecule is CC(=O)Oc1cc(C=c2sc3nc(=O)cnn3c2=O)ccc1Br. The maximum atomic E-state index is 12.2. The number of carbonyl (C=O) groups excluding carboxylic acids is 1. The summed E-state index contributed by atoms with van der Waals surface area (Å²) in [6.45, 7) is 1.30. The Morgan fingerprint density at radius 1 is 1.39 bits per heavy atom. The second kappa shape index (κ2) is 6.01. The van der Waals surface area contributed by atoms with Gasteiger partial charge in [-0.3, -0.25) is 14.4 Å². The van der Waals surface area contributed by atoms with Crippen molar-refractivity contribution in [2.24, 2.45) is 0 Å². The number of aromatic nitrogens is 3. The van der Waals surface area contributed by atoms with E-state index in [-0.39, 0.29) is 10.5 Å². The summed E-state index contributed by atoms with van der Waals surface area (Å²) in [5.74, 6) is -0.0910. The fourth-order valence-corrected chi connectivity index (χ4v) is 3.11. The number of halogens is 1. The molecule has 0 spiro atoms. The van der Waals surface area contributed by atoms with Crippen molar-refractivity contribution in [3.8, 4) is 5.75 Å². The molecule has 0 amide bonds. The molecule has 2 aromatic heterocycles. The third-order valence-electron chi connectivity index (χ3n) is 2.78. The topological polar surface area (TPSA) is 90.6 Å². The van der Waals surface area contributed by atoms with Gasteiger partial charge in [0.1, 0.15) is 11.9 Å². The lowest BCUT2D eigenvalue weighted by Crippen LogP contribution is -2.25. The van der Waals surface area contributed by atoms with Crippen LogP contribution in [0.4, 0.5) is 0 Å². The van der Waals surface area contributed by atoms with E-state index in [0.717, 1.165) is 22.0 Å². The van der Waals surface area contributed by atoms with Crippen LogP contribution in [0, 0.1) is 0 Å². The van der Waals surface area contributed by atoms with Gasteiger partial charge in [0.05, 0.1) is 9.01 Å². The molecule has 0 fully saturated rings. The summed E-state index contributed by atoms with van der Waals surface area (Å²) in [5.41, 5.74) is -0.205. The second-order valence-corrected chi connectivity index (χ2v) is 6.35. The van der Waals surface area contributed by atoms with Gasteiger partial charge < -0.3 is 4.74 Å². The van der Waals surface area contributed by atoms with Crippen LogP contribution in [-0.2, 0) is 4.79 Å². The summed E-state index contributed by atoms with van der Waals surface area (Å²) in [7, 11) is 0. The third kappa shape index (κ3) is 3.20. The predicted octanol–water partition coefficient (Wildman–Crippen LogP) is 0.747. The number of esters is 1. The lowest BCUT2D eigenvalue weighted by Gasteiger charge is -2.04. The molecule has 23 heavy (non-hydrogen) atoms. The minimum absolute atomic E-state index is 0.228. The van der Waals surface area contributed by atoms with Gasteiger partial charge in [0, 0.05) is 6.92 Å². The van der Waals surface area contributed by atoms with Crippen LogP contribution in [0.25, 0.3) is 11.0 Å². The summed E-state index contributed by atoms with van der Waals surface area (Å²) < 4.78 is 7.14. The zero-order valence-electron chi connectivity index (χ0n) is 11.6. The van der Waals surface area contributed by atoms with Crippen LogP contribution in [0.5, 0.6) is 5.75 Å². The molecule has 0 unspecified atom stereocenters. The number of benzene rings is 1. The Morgan fingerprint density at radius 2 is 2.17 bits per heavy atom. The fraction of sp³-hybridized carbons (Fsp3) is 0.0714. The van der Waals surface area contributed by atoms with E-state index in [2.05, 4.69) is 26.0 Å². The monoisotopic (exact) mass is 393 g/mol. The molecule has 1 aromatic carbocycles. The predicted molar refractivity (Wildman–Crippen MR) is 87.6 cm³/mol. The highest BCUT2D eigenvalue weighted by Gasteiger charge is 2.08. The van der Waals surface area contributed by atoms with Crippen molar-refractivity contribution in [1.29, 1.82) is 0 Å². The summed E-state index contributed by atoms with van der Waals surface area (Å²) >= 11 is 4.34. The lowest BCUT2D eigenvalue weighted by molar-refractivity contribution is -0.131. The lowest BCUT2D eigenvalue weighted by atomic mass is 10.2. The minimum atomic E-state index is -0.501. The van der Waals surface area contributed by atoms with Gasteiger partial charge in [0.25, 0.3) is 11.1 Å². The smallest absolute Gasteiger partial charge is 0.308 e. The van der Waals surface area contributed by atoms with E-state index in [1.54, 1.807) is 24.3 Å². The molecule has 3 aromatic rings. The zero-order valence-corrected chi connectivity index (χ0v) is 14.1. The Hall–Kier alpha value is -2.39. The third-order valence-corrected chi connectivity index (χ3v) is 4.40. The molecule has 7 nitrogen and oxygen atoms in total. The molecule has 0 atom stereocenters. The first kappa shape index (κ1) is 15.5. The Labute approximate surface area is 141 Å². The molecule has 0 bridgehead atoms. The maximum absolute atomic E-state index is 12.2. The standard InChI is InChI=1S/C14H8BrN3O4S/c1-7(19)22-10-4-8(2-3-9(10)15)5-11-13(21)18-14(23-11)17-12(20)6-16-18/h2-6H,1H3. The fourth-order valence-electron chi connectivity index (χ4n) is 1.86. The highest BCUT2D eigenvalue weighted by Crippen LogP contribution is 2.26. The molecule has 0 aliphatic rings. The normalized spacial score (nSPS) is 11.8. The first-order chi connectivity index (χ1) is 10.9. The number of rotatable bonds is 2. The van der Waals surface area contributed by atoms with E-state index < -0.39 is 11.5 Å². The van der Waals surface area contributed by atoms with E-state index in [4.69, 9.17) is 4.74 Å². The average Bonchev–Trinajstić information content (AvgIpc) is 2.78. The number of ether oxygens (including phenoxy) is 1. The number of nitrogens with zero attached hydrogens (tertiary/aromatic N) is 3. The maximum Gasteiger partial charge on any atom is 0.308 e. The summed E-state index contributed by atoms with van der Waals surface area (Å²) in [6.07, 6.45) is 2.61. The van der Waals surface area contributed by atoms with Crippen LogP contribution < -0.4 is 20.4 Å². The molecule has 0 aliphatic heterocycles. The van der Waals surface area contributed by atoms with Crippen molar-refractivity contribution < 1.29 is 9.53 Å². The Kier molecular flexibility index (Phi) is 4.05. The molecule has 0 aliphatic carbocycles. The molecule has 0 radical (unpaired) electrons. The summed E-state index contributed by atoms with van der Waals surface area (Å²) in [6, 6.07) is 5.09. The molecular formula is C14H8BrN3O4S. The first-order valence-electron chi connectivity index (χ1n) is 6.32. The van der Waals surface area contributed by atoms with Gasteiger partial charge in [0.2, 0.25) is 4.96 Å². The molecular weight excluding hydrogens is 386 g/mol. The van der Waals surface area contributed by atoms with Crippen LogP contribution >= 0.6 is 27.3 Å². The summed E-state index contributed by atoms with van der Waals surface area (Å²) in [5, 5.41) is 3.76. The van der Waals surface area contributed by atoms with Gasteiger partial charge in [-0.15, -0.1) is 0 Å². The van der Waals surface area contributed by atoms with E-state index in [1.807, 2.05) is 0 Å². The van der Waals surface area contributed by atoms with Gasteiger partial charge in [0.15, 0.2) is 0 Å². The zero-order chi connectivity index (χ0) is 16.6. The molecule has 2 heterocycles. The highest BCUT2D eigenvalue weighted by molar-refractivity contribution is 9.10. The highest BCUT2D eigenvalue weighted by atomic mass is 79.9. The van der Waals surface area contributed by atoms with E-state index in [1.165, 1.54) is 6.92 Å². The molecule has 9 heteroatoms. The molecule has 0 saturated heterocycles. The van der Waals surface area contributed by atoms with E-state index in [9.17, 15) is 14.4 Å². The average molecular weight is 394 g/mol. The van der Waals surface area contributed by atoms with Gasteiger partial charge >= 0.3 is 5.97 Å². The van der Waals surface area contributed by atoms with Crippen LogP contribution in [0.2, 0.25) is 0 Å². The number of carbonyl (C=O) groups is 1. The Morgan fingerprint density at radius 3 is 2.91 bits per heavy atom. The quantitative estimate of drug-likeness (QED) is 0.471. The number of hydrogen-bond acceptors (Lipinski definition) is 7. The van der Waals surface area contributed by atoms with Gasteiger partial charge in [-0.1, -0.05) is 17.4 Å². The van der Waals surface area contributed by atoms with Crippen molar-refractivity contribution in [3.05, 3.63) is 59.7 Å². The van der Waals surface area contributed by atoms with Crippen LogP contribution in [0.3, 0.4) is 0 Å². The van der Waals surface area contributed by atoms with Crippen LogP contribution in [0.1, 0.15) is 12.5 Å². The first-order valence-corrected chi connectivity index (χ1v) is 7.93. The van der Waals surface area contributed by atoms with Gasteiger partial charge in [-0.25, -0.2) is 0 Å². The molecule has 3 rings (SSSR count). The van der Waals surface area contributed by atoms with Crippen molar-refractivity contribution in [3.63, 3.8) is 0 Å². The Bertz CT molecular complexity index is 1090. The molecule has 0 saturated carbocycles. The van der Waals surface area contributed by atoms with Crippen molar-refractivity contribution in [2.45, 2.75) is 6.92 Å². The van der Waals surface area contributed by atoms with Crippen molar-refractivity contribution in [1.82, 2.24) is 14.6 Å². The van der Waals surface area contributed by atoms with E-state index >= 15 is 0 Å². The summed E-state index contributed by atoms with van der Waals surface area (Å²) in [4.78, 5) is 38.5. The minimum Gasteiger partial charge on any atom is -0.425 e. The number of hydrogen-bond donors (Lipinski definition) is 0. The number of fused-ring (bicyclic) bond motifs is 1. The van der Waals surface area contributed by atoms with Crippen molar-refractivity contribution >= 4 is 44.3 Å². The van der Waals surface area contributed by atoms with Crippen molar-refractivity contribution in [2.75, 3.05) is 0 Å². The van der Waals surface area contributed by atoms with Gasteiger partial charge in [-0.05, 0) is 39.7 Å². The Balaban J connectivity index is 2.15. The second-order valence-electron chi connectivity index (χ2n) is 4.49.